The molecule has 3 aliphatic rings. The largest absolute Gasteiger partial charge is 0.477 e. The Kier molecular flexibility index (Phi) is 4.15. The summed E-state index contributed by atoms with van der Waals surface area (Å²) in [7, 11) is 0. The summed E-state index contributed by atoms with van der Waals surface area (Å²) in [6.45, 7) is 1.69. The number of benzene rings is 1. The number of hydrogen-bond donors (Lipinski definition) is 3. The number of aromatic carboxylic acids is 1. The highest BCUT2D eigenvalue weighted by molar-refractivity contribution is 6.01. The summed E-state index contributed by atoms with van der Waals surface area (Å²) in [6.07, 6.45) is 0.222. The first-order valence-electron chi connectivity index (χ1n) is 10.3. The number of pyridine rings is 1. The molecule has 0 amide bonds. The molecule has 5 rings (SSSR count). The molecule has 166 valence electrons. The zero-order valence-corrected chi connectivity index (χ0v) is 16.9. The van der Waals surface area contributed by atoms with Crippen LogP contribution in [-0.4, -0.2) is 46.6 Å². The number of nitrogen functional groups attached to an aromatic ring is 1. The van der Waals surface area contributed by atoms with Crippen LogP contribution in [0.3, 0.4) is 0 Å². The molecule has 1 aromatic heterocycles. The second-order valence-corrected chi connectivity index (χ2v) is 9.09. The van der Waals surface area contributed by atoms with E-state index in [9.17, 15) is 23.5 Å². The molecule has 0 unspecified atom stereocenters. The quantitative estimate of drug-likeness (QED) is 0.634. The zero-order valence-electron chi connectivity index (χ0n) is 16.9. The van der Waals surface area contributed by atoms with Crippen LogP contribution in [0.15, 0.2) is 11.0 Å². The van der Waals surface area contributed by atoms with Gasteiger partial charge in [-0.3, -0.25) is 4.79 Å². The number of carboxylic acids is 1. The minimum Gasteiger partial charge on any atom is -0.477 e. The van der Waals surface area contributed by atoms with E-state index in [2.05, 4.69) is 0 Å². The fourth-order valence-electron chi connectivity index (χ4n) is 5.01. The lowest BCUT2D eigenvalue weighted by Crippen LogP contribution is -2.38. The van der Waals surface area contributed by atoms with Crippen molar-refractivity contribution >= 4 is 28.2 Å². The molecule has 0 bridgehead atoms. The van der Waals surface area contributed by atoms with Crippen LogP contribution >= 0.6 is 0 Å². The Morgan fingerprint density at radius 1 is 1.26 bits per heavy atom. The van der Waals surface area contributed by atoms with Crippen molar-refractivity contribution in [3.8, 4) is 0 Å². The Bertz CT molecular complexity index is 1190. The number of nitrogens with two attached hydrogens (primary N) is 2. The van der Waals surface area contributed by atoms with Gasteiger partial charge in [0.15, 0.2) is 5.82 Å². The average Bonchev–Trinajstić information content (AvgIpc) is 3.58. The summed E-state index contributed by atoms with van der Waals surface area (Å²) < 4.78 is 45.5. The first-order chi connectivity index (χ1) is 14.5. The average molecular weight is 436 g/mol. The van der Waals surface area contributed by atoms with Crippen LogP contribution < -0.4 is 21.8 Å². The lowest BCUT2D eigenvalue weighted by atomic mass is 9.96. The first-order valence-corrected chi connectivity index (χ1v) is 10.3. The number of aromatic nitrogens is 1. The molecule has 1 aliphatic heterocycles. The molecular weight excluding hydrogens is 413 g/mol. The summed E-state index contributed by atoms with van der Waals surface area (Å²) in [5.74, 6) is -2.85. The van der Waals surface area contributed by atoms with E-state index in [1.54, 1.807) is 11.8 Å². The number of fused-ring (bicyclic) bond motifs is 1. The second kappa shape index (κ2) is 6.38. The number of carboxylic acid groups (broad SMARTS) is 1. The van der Waals surface area contributed by atoms with Crippen molar-refractivity contribution in [3.05, 3.63) is 33.4 Å². The van der Waals surface area contributed by atoms with E-state index < -0.39 is 58.3 Å². The molecule has 7 nitrogen and oxygen atoms in total. The van der Waals surface area contributed by atoms with Gasteiger partial charge in [-0.1, -0.05) is 0 Å². The molecule has 0 radical (unpaired) electrons. The van der Waals surface area contributed by atoms with Gasteiger partial charge in [0.05, 0.1) is 28.3 Å². The Morgan fingerprint density at radius 2 is 1.90 bits per heavy atom. The predicted molar refractivity (Wildman–Crippen MR) is 110 cm³/mol. The predicted octanol–water partition coefficient (Wildman–Crippen LogP) is 2.28. The fraction of sp³-hybridized carbons (Fsp3) is 0.524. The van der Waals surface area contributed by atoms with Crippen LogP contribution in [0.25, 0.3) is 10.9 Å². The number of hydrogen-bond acceptors (Lipinski definition) is 5. The van der Waals surface area contributed by atoms with Crippen LogP contribution in [0.2, 0.25) is 0 Å². The number of aryl methyl sites for hydroxylation is 1. The monoisotopic (exact) mass is 436 g/mol. The molecule has 1 aromatic carbocycles. The fourth-order valence-corrected chi connectivity index (χ4v) is 5.01. The number of halogens is 3. The van der Waals surface area contributed by atoms with E-state index in [0.717, 1.165) is 6.20 Å². The third kappa shape index (κ3) is 2.84. The van der Waals surface area contributed by atoms with E-state index in [0.29, 0.717) is 18.4 Å². The van der Waals surface area contributed by atoms with Gasteiger partial charge in [-0.15, -0.1) is 0 Å². The minimum atomic E-state index is -1.50. The zero-order chi connectivity index (χ0) is 22.4. The van der Waals surface area contributed by atoms with E-state index in [1.165, 1.54) is 4.57 Å². The Morgan fingerprint density at radius 3 is 2.45 bits per heavy atom. The maximum atomic E-state index is 15.5. The lowest BCUT2D eigenvalue weighted by Gasteiger charge is -2.26. The molecule has 4 atom stereocenters. The van der Waals surface area contributed by atoms with Gasteiger partial charge in [-0.2, -0.15) is 0 Å². The third-order valence-electron chi connectivity index (χ3n) is 7.06. The molecule has 5 N–H and O–H groups in total. The highest BCUT2D eigenvalue weighted by Gasteiger charge is 2.53. The van der Waals surface area contributed by atoms with Crippen molar-refractivity contribution in [2.75, 3.05) is 23.7 Å². The molecule has 1 saturated heterocycles. The summed E-state index contributed by atoms with van der Waals surface area (Å²) in [5.41, 5.74) is 10.1. The molecule has 2 aliphatic carbocycles. The molecule has 2 heterocycles. The van der Waals surface area contributed by atoms with Crippen molar-refractivity contribution in [2.45, 2.75) is 50.1 Å². The van der Waals surface area contributed by atoms with E-state index in [-0.39, 0.29) is 36.1 Å². The van der Waals surface area contributed by atoms with Crippen molar-refractivity contribution < 1.29 is 23.1 Å². The van der Waals surface area contributed by atoms with Crippen molar-refractivity contribution in [1.82, 2.24) is 4.57 Å². The molecular formula is C21H23F3N4O3. The van der Waals surface area contributed by atoms with Gasteiger partial charge >= 0.3 is 5.97 Å². The molecule has 10 heteroatoms. The van der Waals surface area contributed by atoms with E-state index in [4.69, 9.17) is 11.5 Å². The number of nitrogens with zero attached hydrogens (tertiary/aromatic N) is 2. The molecule has 3 fully saturated rings. The highest BCUT2D eigenvalue weighted by atomic mass is 19.1. The first kappa shape index (κ1) is 20.2. The van der Waals surface area contributed by atoms with Crippen LogP contribution in [0.4, 0.5) is 24.5 Å². The topological polar surface area (TPSA) is 115 Å². The van der Waals surface area contributed by atoms with Gasteiger partial charge in [0, 0.05) is 37.2 Å². The SMILES string of the molecule is Cc1c(N2C[C@H](F)[C@@H](C3(N)CC3)C2)c(F)c(N)c2c(=O)c(C(=O)O)cn([C@@H]3C[C@@H]3F)c12. The van der Waals surface area contributed by atoms with Crippen LogP contribution in [-0.2, 0) is 0 Å². The van der Waals surface area contributed by atoms with Crippen molar-refractivity contribution in [2.24, 2.45) is 11.7 Å². The molecule has 0 spiro atoms. The maximum absolute atomic E-state index is 15.5. The lowest BCUT2D eigenvalue weighted by molar-refractivity contribution is 0.0694. The number of alkyl halides is 2. The Labute approximate surface area is 175 Å². The minimum absolute atomic E-state index is 0.0479. The van der Waals surface area contributed by atoms with Crippen LogP contribution in [0.5, 0.6) is 0 Å². The van der Waals surface area contributed by atoms with Gasteiger partial charge in [-0.25, -0.2) is 18.0 Å². The normalized spacial score (nSPS) is 28.9. The number of rotatable bonds is 4. The summed E-state index contributed by atoms with van der Waals surface area (Å²) in [4.78, 5) is 25.9. The van der Waals surface area contributed by atoms with Crippen LogP contribution in [0.1, 0.15) is 41.2 Å². The van der Waals surface area contributed by atoms with E-state index in [1.807, 2.05) is 0 Å². The molecule has 2 aromatic rings. The Hall–Kier alpha value is -2.75. The van der Waals surface area contributed by atoms with Crippen molar-refractivity contribution in [3.63, 3.8) is 0 Å². The molecule has 2 saturated carbocycles. The summed E-state index contributed by atoms with van der Waals surface area (Å²) >= 11 is 0. The van der Waals surface area contributed by atoms with Gasteiger partial charge in [-0.05, 0) is 25.3 Å². The number of carbonyl (C=O) groups is 1. The highest BCUT2D eigenvalue weighted by Crippen LogP contribution is 2.48. The maximum Gasteiger partial charge on any atom is 0.341 e. The van der Waals surface area contributed by atoms with Gasteiger partial charge in [0.25, 0.3) is 0 Å². The third-order valence-corrected chi connectivity index (χ3v) is 7.06. The standard InChI is InChI=1S/C21H23F3N4O3/c1-8-17-14(19(29)9(20(30)31)5-28(17)13-4-11(13)22)16(25)15(24)18(8)27-6-10(12(23)7-27)21(26)2-3-21/h5,10-13H,2-4,6-7,25-26H2,1H3,(H,30,31)/t10-,11-,12-,13+/m0/s1. The van der Waals surface area contributed by atoms with Gasteiger partial charge < -0.3 is 26.0 Å². The van der Waals surface area contributed by atoms with Gasteiger partial charge in [0.1, 0.15) is 17.9 Å². The van der Waals surface area contributed by atoms with E-state index >= 15 is 4.39 Å². The Balaban J connectivity index is 1.74. The van der Waals surface area contributed by atoms with Crippen LogP contribution in [0, 0.1) is 18.7 Å². The molecule has 31 heavy (non-hydrogen) atoms. The van der Waals surface area contributed by atoms with Gasteiger partial charge in [0.2, 0.25) is 5.43 Å². The summed E-state index contributed by atoms with van der Waals surface area (Å²) in [5, 5.41) is 9.12. The smallest absolute Gasteiger partial charge is 0.341 e. The summed E-state index contributed by atoms with van der Waals surface area (Å²) in [6, 6.07) is -0.670. The second-order valence-electron chi connectivity index (χ2n) is 9.09. The number of anilines is 2. The van der Waals surface area contributed by atoms with Crippen molar-refractivity contribution in [1.29, 1.82) is 0 Å².